The fraction of sp³-hybridized carbons (Fsp3) is 0.458. The highest BCUT2D eigenvalue weighted by Gasteiger charge is 2.40. The predicted molar refractivity (Wildman–Crippen MR) is 116 cm³/mol. The standard InChI is InChI=1S/C24H32N4O/c1-28(17-19-7-3-2-4-8-19)24(13-21-9-5-6-10-22(21)14-24)18-25-23(29)12-11-20-15-26-27-16-20/h2-10,20,26-27H,11-18H2,1H3,(H,25,29). The third kappa shape index (κ3) is 4.86. The highest BCUT2D eigenvalue weighted by molar-refractivity contribution is 5.76. The number of carbonyl (C=O) groups is 1. The van der Waals surface area contributed by atoms with Crippen molar-refractivity contribution in [3.8, 4) is 0 Å². The highest BCUT2D eigenvalue weighted by atomic mass is 16.1. The molecule has 0 atom stereocenters. The second kappa shape index (κ2) is 9.08. The van der Waals surface area contributed by atoms with Gasteiger partial charge in [0.2, 0.25) is 5.91 Å². The summed E-state index contributed by atoms with van der Waals surface area (Å²) in [4.78, 5) is 15.0. The summed E-state index contributed by atoms with van der Waals surface area (Å²) in [6.45, 7) is 3.47. The number of rotatable bonds is 8. The van der Waals surface area contributed by atoms with Crippen molar-refractivity contribution in [2.75, 3.05) is 26.7 Å². The Bertz CT molecular complexity index is 792. The molecule has 0 aromatic heterocycles. The van der Waals surface area contributed by atoms with E-state index in [0.29, 0.717) is 18.9 Å². The van der Waals surface area contributed by atoms with Crippen LogP contribution >= 0.6 is 0 Å². The van der Waals surface area contributed by atoms with Crippen LogP contribution in [0.2, 0.25) is 0 Å². The Hall–Kier alpha value is -2.21. The number of hydrogen-bond donors (Lipinski definition) is 3. The number of nitrogens with one attached hydrogen (secondary N) is 3. The van der Waals surface area contributed by atoms with Gasteiger partial charge in [0.1, 0.15) is 0 Å². The van der Waals surface area contributed by atoms with Gasteiger partial charge in [0.05, 0.1) is 0 Å². The van der Waals surface area contributed by atoms with E-state index in [1.165, 1.54) is 16.7 Å². The van der Waals surface area contributed by atoms with Crippen molar-refractivity contribution < 1.29 is 4.79 Å². The Morgan fingerprint density at radius 1 is 1.03 bits per heavy atom. The van der Waals surface area contributed by atoms with Gasteiger partial charge in [-0.3, -0.25) is 20.5 Å². The molecule has 1 heterocycles. The van der Waals surface area contributed by atoms with Crippen LogP contribution in [0.15, 0.2) is 54.6 Å². The Balaban J connectivity index is 1.42. The molecule has 154 valence electrons. The van der Waals surface area contributed by atoms with Gasteiger partial charge in [0.15, 0.2) is 0 Å². The molecule has 5 nitrogen and oxygen atoms in total. The van der Waals surface area contributed by atoms with E-state index in [1.807, 2.05) is 0 Å². The molecule has 1 amide bonds. The Kier molecular flexibility index (Phi) is 6.28. The third-order valence-corrected chi connectivity index (χ3v) is 6.53. The van der Waals surface area contributed by atoms with Crippen molar-refractivity contribution in [2.45, 2.75) is 37.8 Å². The van der Waals surface area contributed by atoms with Gasteiger partial charge < -0.3 is 5.32 Å². The lowest BCUT2D eigenvalue weighted by atomic mass is 9.92. The number of carbonyl (C=O) groups excluding carboxylic acids is 1. The van der Waals surface area contributed by atoms with Crippen LogP contribution in [-0.2, 0) is 24.2 Å². The number of benzene rings is 2. The second-order valence-electron chi connectivity index (χ2n) is 8.63. The second-order valence-corrected chi connectivity index (χ2v) is 8.63. The average molecular weight is 393 g/mol. The third-order valence-electron chi connectivity index (χ3n) is 6.53. The number of fused-ring (bicyclic) bond motifs is 1. The molecule has 0 unspecified atom stereocenters. The molecule has 1 aliphatic heterocycles. The quantitative estimate of drug-likeness (QED) is 0.645. The largest absolute Gasteiger partial charge is 0.354 e. The molecule has 1 saturated heterocycles. The summed E-state index contributed by atoms with van der Waals surface area (Å²) in [5, 5.41) is 3.27. The summed E-state index contributed by atoms with van der Waals surface area (Å²) >= 11 is 0. The van der Waals surface area contributed by atoms with Crippen LogP contribution in [0.4, 0.5) is 0 Å². The minimum absolute atomic E-state index is 0.0777. The molecule has 2 aromatic rings. The van der Waals surface area contributed by atoms with E-state index in [1.54, 1.807) is 0 Å². The fourth-order valence-corrected chi connectivity index (χ4v) is 4.62. The highest BCUT2D eigenvalue weighted by Crippen LogP contribution is 2.34. The zero-order valence-electron chi connectivity index (χ0n) is 17.3. The van der Waals surface area contributed by atoms with Gasteiger partial charge in [-0.15, -0.1) is 0 Å². The summed E-state index contributed by atoms with van der Waals surface area (Å²) in [5.41, 5.74) is 10.3. The van der Waals surface area contributed by atoms with Gasteiger partial charge in [-0.05, 0) is 48.9 Å². The molecule has 1 aliphatic carbocycles. The maximum absolute atomic E-state index is 12.6. The van der Waals surface area contributed by atoms with E-state index < -0.39 is 0 Å². The van der Waals surface area contributed by atoms with Gasteiger partial charge in [0.25, 0.3) is 0 Å². The van der Waals surface area contributed by atoms with E-state index in [0.717, 1.165) is 38.9 Å². The molecule has 2 aromatic carbocycles. The van der Waals surface area contributed by atoms with Crippen LogP contribution in [-0.4, -0.2) is 43.0 Å². The number of hydrazine groups is 1. The molecular formula is C24H32N4O. The van der Waals surface area contributed by atoms with Crippen molar-refractivity contribution in [3.05, 3.63) is 71.3 Å². The van der Waals surface area contributed by atoms with E-state index in [9.17, 15) is 4.79 Å². The molecule has 0 bridgehead atoms. The molecule has 0 saturated carbocycles. The molecule has 1 fully saturated rings. The molecule has 4 rings (SSSR count). The monoisotopic (exact) mass is 392 g/mol. The first-order chi connectivity index (χ1) is 14.1. The van der Waals surface area contributed by atoms with Gasteiger partial charge in [0, 0.05) is 38.1 Å². The summed E-state index contributed by atoms with van der Waals surface area (Å²) < 4.78 is 0. The number of hydrogen-bond acceptors (Lipinski definition) is 4. The van der Waals surface area contributed by atoms with Gasteiger partial charge >= 0.3 is 0 Å². The predicted octanol–water partition coefficient (Wildman–Crippen LogP) is 2.28. The van der Waals surface area contributed by atoms with Crippen LogP contribution in [0.25, 0.3) is 0 Å². The first-order valence-electron chi connectivity index (χ1n) is 10.7. The SMILES string of the molecule is CN(Cc1ccccc1)C1(CNC(=O)CCC2CNNC2)Cc2ccccc2C1. The first-order valence-corrected chi connectivity index (χ1v) is 10.7. The summed E-state index contributed by atoms with van der Waals surface area (Å²) in [7, 11) is 2.20. The lowest BCUT2D eigenvalue weighted by Crippen LogP contribution is -2.54. The van der Waals surface area contributed by atoms with Crippen LogP contribution in [0, 0.1) is 5.92 Å². The minimum Gasteiger partial charge on any atom is -0.354 e. The Labute approximate surface area is 173 Å². The van der Waals surface area contributed by atoms with Crippen molar-refractivity contribution in [3.63, 3.8) is 0 Å². The van der Waals surface area contributed by atoms with Gasteiger partial charge in [-0.25, -0.2) is 0 Å². The number of nitrogens with zero attached hydrogens (tertiary/aromatic N) is 1. The molecule has 29 heavy (non-hydrogen) atoms. The zero-order valence-corrected chi connectivity index (χ0v) is 17.3. The molecule has 2 aliphatic rings. The van der Waals surface area contributed by atoms with Crippen molar-refractivity contribution in [1.29, 1.82) is 0 Å². The van der Waals surface area contributed by atoms with E-state index in [2.05, 4.69) is 82.7 Å². The summed E-state index contributed by atoms with van der Waals surface area (Å²) in [6, 6.07) is 19.3. The Morgan fingerprint density at radius 2 is 1.66 bits per heavy atom. The molecule has 5 heteroatoms. The minimum atomic E-state index is -0.0777. The maximum Gasteiger partial charge on any atom is 0.220 e. The van der Waals surface area contributed by atoms with Crippen LogP contribution in [0.5, 0.6) is 0 Å². The zero-order chi connectivity index (χ0) is 20.1. The molecular weight excluding hydrogens is 360 g/mol. The topological polar surface area (TPSA) is 56.4 Å². The van der Waals surface area contributed by atoms with Crippen molar-refractivity contribution >= 4 is 5.91 Å². The summed E-state index contributed by atoms with van der Waals surface area (Å²) in [5.74, 6) is 0.714. The van der Waals surface area contributed by atoms with E-state index in [4.69, 9.17) is 0 Å². The van der Waals surface area contributed by atoms with Crippen molar-refractivity contribution in [1.82, 2.24) is 21.1 Å². The van der Waals surface area contributed by atoms with Gasteiger partial charge in [-0.1, -0.05) is 54.6 Å². The summed E-state index contributed by atoms with van der Waals surface area (Å²) in [6.07, 6.45) is 3.48. The first kappa shape index (κ1) is 20.1. The fourth-order valence-electron chi connectivity index (χ4n) is 4.62. The van der Waals surface area contributed by atoms with Crippen LogP contribution in [0.1, 0.15) is 29.5 Å². The van der Waals surface area contributed by atoms with Crippen molar-refractivity contribution in [2.24, 2.45) is 5.92 Å². The molecule has 0 radical (unpaired) electrons. The van der Waals surface area contributed by atoms with Crippen LogP contribution < -0.4 is 16.2 Å². The number of amides is 1. The van der Waals surface area contributed by atoms with Crippen LogP contribution in [0.3, 0.4) is 0 Å². The lowest BCUT2D eigenvalue weighted by Gasteiger charge is -2.39. The Morgan fingerprint density at radius 3 is 2.31 bits per heavy atom. The lowest BCUT2D eigenvalue weighted by molar-refractivity contribution is -0.122. The number of likely N-dealkylation sites (N-methyl/N-ethyl adjacent to an activating group) is 1. The van der Waals surface area contributed by atoms with E-state index >= 15 is 0 Å². The smallest absolute Gasteiger partial charge is 0.220 e. The average Bonchev–Trinajstić information content (AvgIpc) is 3.39. The van der Waals surface area contributed by atoms with E-state index in [-0.39, 0.29) is 11.4 Å². The maximum atomic E-state index is 12.6. The molecule has 0 spiro atoms. The normalized spacial score (nSPS) is 18.1. The molecule has 3 N–H and O–H groups in total. The van der Waals surface area contributed by atoms with Gasteiger partial charge in [-0.2, -0.15) is 0 Å².